The molecule has 0 saturated heterocycles. The molecule has 1 fully saturated rings. The zero-order valence-corrected chi connectivity index (χ0v) is 13.0. The van der Waals surface area contributed by atoms with Crippen LogP contribution in [-0.4, -0.2) is 9.55 Å². The summed E-state index contributed by atoms with van der Waals surface area (Å²) in [5.41, 5.74) is 8.29. The average molecular weight is 322 g/mol. The molecule has 3 unspecified atom stereocenters. The van der Waals surface area contributed by atoms with Crippen LogP contribution in [-0.2, 0) is 0 Å². The smallest absolute Gasteiger partial charge is 0.201 e. The van der Waals surface area contributed by atoms with Crippen LogP contribution in [0.5, 0.6) is 0 Å². The fraction of sp³-hybridized carbons (Fsp3) is 0.533. The average Bonchev–Trinajstić information content (AvgIpc) is 2.68. The molecule has 1 saturated carbocycles. The van der Waals surface area contributed by atoms with E-state index < -0.39 is 0 Å². The van der Waals surface area contributed by atoms with Gasteiger partial charge in [0.2, 0.25) is 5.95 Å². The SMILES string of the molecule is CC1CCC(n2c(N)nc3ccc(Br)cc32)CC1C. The Hall–Kier alpha value is -1.03. The molecule has 0 spiro atoms. The Labute approximate surface area is 122 Å². The van der Waals surface area contributed by atoms with E-state index in [-0.39, 0.29) is 0 Å². The van der Waals surface area contributed by atoms with Crippen LogP contribution in [0.4, 0.5) is 5.95 Å². The van der Waals surface area contributed by atoms with Crippen molar-refractivity contribution < 1.29 is 0 Å². The molecular formula is C15H20BrN3. The van der Waals surface area contributed by atoms with Crippen LogP contribution in [0.2, 0.25) is 0 Å². The highest BCUT2D eigenvalue weighted by molar-refractivity contribution is 9.10. The van der Waals surface area contributed by atoms with Crippen molar-refractivity contribution in [3.05, 3.63) is 22.7 Å². The van der Waals surface area contributed by atoms with Gasteiger partial charge in [0.1, 0.15) is 0 Å². The molecule has 0 amide bonds. The van der Waals surface area contributed by atoms with Crippen molar-refractivity contribution >= 4 is 32.9 Å². The third-order valence-electron chi connectivity index (χ3n) is 4.61. The van der Waals surface area contributed by atoms with Crippen molar-refractivity contribution in [2.75, 3.05) is 5.73 Å². The topological polar surface area (TPSA) is 43.8 Å². The summed E-state index contributed by atoms with van der Waals surface area (Å²) in [6, 6.07) is 6.67. The lowest BCUT2D eigenvalue weighted by molar-refractivity contribution is 0.215. The number of aromatic nitrogens is 2. The fourth-order valence-electron chi connectivity index (χ4n) is 3.22. The maximum absolute atomic E-state index is 6.15. The fourth-order valence-corrected chi connectivity index (χ4v) is 3.57. The third kappa shape index (κ3) is 2.27. The van der Waals surface area contributed by atoms with Gasteiger partial charge >= 0.3 is 0 Å². The molecular weight excluding hydrogens is 302 g/mol. The van der Waals surface area contributed by atoms with Crippen LogP contribution >= 0.6 is 15.9 Å². The molecule has 1 aliphatic rings. The predicted octanol–water partition coefficient (Wildman–Crippen LogP) is 4.38. The van der Waals surface area contributed by atoms with E-state index >= 15 is 0 Å². The van der Waals surface area contributed by atoms with Gasteiger partial charge in [-0.05, 0) is 49.3 Å². The minimum atomic E-state index is 0.491. The lowest BCUT2D eigenvalue weighted by Crippen LogP contribution is -2.24. The largest absolute Gasteiger partial charge is 0.369 e. The Morgan fingerprint density at radius 3 is 2.79 bits per heavy atom. The van der Waals surface area contributed by atoms with Gasteiger partial charge in [-0.25, -0.2) is 4.98 Å². The van der Waals surface area contributed by atoms with Gasteiger partial charge < -0.3 is 10.3 Å². The number of rotatable bonds is 1. The molecule has 0 aliphatic heterocycles. The first-order valence-electron chi connectivity index (χ1n) is 6.99. The van der Waals surface area contributed by atoms with Gasteiger partial charge in [0.05, 0.1) is 11.0 Å². The zero-order valence-electron chi connectivity index (χ0n) is 11.4. The lowest BCUT2D eigenvalue weighted by Gasteiger charge is -2.33. The summed E-state index contributed by atoms with van der Waals surface area (Å²) in [4.78, 5) is 4.49. The second kappa shape index (κ2) is 4.82. The van der Waals surface area contributed by atoms with Gasteiger partial charge in [-0.2, -0.15) is 0 Å². The Kier molecular flexibility index (Phi) is 3.29. The molecule has 2 aromatic rings. The van der Waals surface area contributed by atoms with E-state index in [9.17, 15) is 0 Å². The van der Waals surface area contributed by atoms with Crippen molar-refractivity contribution in [3.63, 3.8) is 0 Å². The second-order valence-electron chi connectivity index (χ2n) is 5.89. The summed E-state index contributed by atoms with van der Waals surface area (Å²) in [5.74, 6) is 2.22. The molecule has 1 aromatic carbocycles. The number of hydrogen-bond acceptors (Lipinski definition) is 2. The van der Waals surface area contributed by atoms with Crippen LogP contribution in [0.25, 0.3) is 11.0 Å². The molecule has 3 atom stereocenters. The number of nitrogen functional groups attached to an aromatic ring is 1. The standard InChI is InChI=1S/C15H20BrN3/c1-9-3-5-12(7-10(9)2)19-14-8-11(16)4-6-13(14)18-15(19)17/h4,6,8-10,12H,3,5,7H2,1-2H3,(H2,17,18). The molecule has 1 aliphatic carbocycles. The number of fused-ring (bicyclic) bond motifs is 1. The van der Waals surface area contributed by atoms with Crippen LogP contribution in [0.3, 0.4) is 0 Å². The number of nitrogens with zero attached hydrogens (tertiary/aromatic N) is 2. The van der Waals surface area contributed by atoms with Crippen LogP contribution in [0.1, 0.15) is 39.2 Å². The number of hydrogen-bond donors (Lipinski definition) is 1. The predicted molar refractivity (Wildman–Crippen MR) is 83.1 cm³/mol. The molecule has 1 aromatic heterocycles. The normalized spacial score (nSPS) is 27.8. The van der Waals surface area contributed by atoms with E-state index in [1.54, 1.807) is 0 Å². The molecule has 102 valence electrons. The van der Waals surface area contributed by atoms with Gasteiger partial charge in [-0.1, -0.05) is 29.8 Å². The van der Waals surface area contributed by atoms with Gasteiger partial charge in [-0.3, -0.25) is 0 Å². The van der Waals surface area contributed by atoms with E-state index in [1.807, 2.05) is 12.1 Å². The summed E-state index contributed by atoms with van der Waals surface area (Å²) >= 11 is 3.54. The van der Waals surface area contributed by atoms with Gasteiger partial charge in [0.15, 0.2) is 0 Å². The van der Waals surface area contributed by atoms with Crippen molar-refractivity contribution in [3.8, 4) is 0 Å². The van der Waals surface area contributed by atoms with Gasteiger partial charge in [0.25, 0.3) is 0 Å². The van der Waals surface area contributed by atoms with Crippen molar-refractivity contribution in [2.45, 2.75) is 39.2 Å². The Bertz CT molecular complexity index is 605. The zero-order chi connectivity index (χ0) is 13.6. The minimum absolute atomic E-state index is 0.491. The van der Waals surface area contributed by atoms with E-state index in [1.165, 1.54) is 19.3 Å². The Morgan fingerprint density at radius 1 is 1.26 bits per heavy atom. The summed E-state index contributed by atoms with van der Waals surface area (Å²) in [5, 5.41) is 0. The number of halogens is 1. The first kappa shape index (κ1) is 13.0. The minimum Gasteiger partial charge on any atom is -0.369 e. The highest BCUT2D eigenvalue weighted by Crippen LogP contribution is 2.39. The Morgan fingerprint density at radius 2 is 2.05 bits per heavy atom. The highest BCUT2D eigenvalue weighted by Gasteiger charge is 2.27. The molecule has 2 N–H and O–H groups in total. The molecule has 3 nitrogen and oxygen atoms in total. The molecule has 1 heterocycles. The van der Waals surface area contributed by atoms with E-state index in [0.717, 1.165) is 27.3 Å². The van der Waals surface area contributed by atoms with Crippen LogP contribution in [0.15, 0.2) is 22.7 Å². The van der Waals surface area contributed by atoms with E-state index in [2.05, 4.69) is 45.4 Å². The third-order valence-corrected chi connectivity index (χ3v) is 5.11. The molecule has 3 rings (SSSR count). The van der Waals surface area contributed by atoms with Crippen LogP contribution < -0.4 is 5.73 Å². The maximum Gasteiger partial charge on any atom is 0.201 e. The Balaban J connectivity index is 2.04. The first-order valence-corrected chi connectivity index (χ1v) is 7.78. The second-order valence-corrected chi connectivity index (χ2v) is 6.81. The van der Waals surface area contributed by atoms with Crippen LogP contribution in [0, 0.1) is 11.8 Å². The number of benzene rings is 1. The molecule has 0 bridgehead atoms. The van der Waals surface area contributed by atoms with Gasteiger partial charge in [0, 0.05) is 10.5 Å². The molecule has 4 heteroatoms. The highest BCUT2D eigenvalue weighted by atomic mass is 79.9. The van der Waals surface area contributed by atoms with Crippen molar-refractivity contribution in [1.29, 1.82) is 0 Å². The lowest BCUT2D eigenvalue weighted by atomic mass is 9.79. The van der Waals surface area contributed by atoms with Crippen molar-refractivity contribution in [1.82, 2.24) is 9.55 Å². The van der Waals surface area contributed by atoms with E-state index in [0.29, 0.717) is 12.0 Å². The summed E-state index contributed by atoms with van der Waals surface area (Å²) < 4.78 is 3.32. The molecule has 0 radical (unpaired) electrons. The summed E-state index contributed by atoms with van der Waals surface area (Å²) in [6.45, 7) is 4.70. The summed E-state index contributed by atoms with van der Waals surface area (Å²) in [7, 11) is 0. The number of anilines is 1. The quantitative estimate of drug-likeness (QED) is 0.847. The maximum atomic E-state index is 6.15. The number of nitrogens with two attached hydrogens (primary N) is 1. The van der Waals surface area contributed by atoms with Crippen molar-refractivity contribution in [2.24, 2.45) is 11.8 Å². The summed E-state index contributed by atoms with van der Waals surface area (Å²) in [6.07, 6.45) is 3.68. The molecule has 19 heavy (non-hydrogen) atoms. The monoisotopic (exact) mass is 321 g/mol. The first-order chi connectivity index (χ1) is 9.06. The van der Waals surface area contributed by atoms with E-state index in [4.69, 9.17) is 5.73 Å². The van der Waals surface area contributed by atoms with Gasteiger partial charge in [-0.15, -0.1) is 0 Å². The number of imidazole rings is 1.